The highest BCUT2D eigenvalue weighted by molar-refractivity contribution is 7.46. The van der Waals surface area contributed by atoms with Gasteiger partial charge in [0, 0.05) is 24.5 Å². The third-order valence-corrected chi connectivity index (χ3v) is 2.29. The third kappa shape index (κ3) is 6.60. The Morgan fingerprint density at radius 1 is 1.10 bits per heavy atom. The van der Waals surface area contributed by atoms with Crippen molar-refractivity contribution >= 4 is 13.5 Å². The fraction of sp³-hybridized carbons (Fsp3) is 0. The van der Waals surface area contributed by atoms with Crippen LogP contribution in [-0.4, -0.2) is 19.7 Å². The van der Waals surface area contributed by atoms with Crippen molar-refractivity contribution < 1.29 is 23.8 Å². The number of phosphoric acid groups is 1. The second-order valence-corrected chi connectivity index (χ2v) is 4.52. The topological polar surface area (TPSA) is 123 Å². The molecule has 0 aliphatic heterocycles. The van der Waals surface area contributed by atoms with Gasteiger partial charge in [0.25, 0.3) is 5.69 Å². The second kappa shape index (κ2) is 7.34. The lowest BCUT2D eigenvalue weighted by Crippen LogP contribution is -1.91. The van der Waals surface area contributed by atoms with Gasteiger partial charge < -0.3 is 4.52 Å². The average molecular weight is 298 g/mol. The summed E-state index contributed by atoms with van der Waals surface area (Å²) >= 11 is 0. The monoisotopic (exact) mass is 298 g/mol. The molecule has 1 heterocycles. The van der Waals surface area contributed by atoms with E-state index >= 15 is 0 Å². The lowest BCUT2D eigenvalue weighted by molar-refractivity contribution is -0.384. The van der Waals surface area contributed by atoms with Crippen molar-refractivity contribution in [3.8, 4) is 5.75 Å². The zero-order valence-electron chi connectivity index (χ0n) is 10.1. The molecule has 9 heteroatoms. The van der Waals surface area contributed by atoms with Gasteiger partial charge in [0.15, 0.2) is 0 Å². The molecule has 20 heavy (non-hydrogen) atoms. The fourth-order valence-electron chi connectivity index (χ4n) is 1.08. The van der Waals surface area contributed by atoms with Crippen molar-refractivity contribution in [2.75, 3.05) is 0 Å². The normalized spacial score (nSPS) is 10.1. The molecule has 2 rings (SSSR count). The van der Waals surface area contributed by atoms with Crippen LogP contribution in [0.5, 0.6) is 5.75 Å². The molecule has 0 saturated heterocycles. The maximum absolute atomic E-state index is 10.4. The highest BCUT2D eigenvalue weighted by atomic mass is 31.2. The molecule has 0 aliphatic carbocycles. The van der Waals surface area contributed by atoms with Gasteiger partial charge in [-0.1, -0.05) is 6.07 Å². The van der Waals surface area contributed by atoms with Crippen LogP contribution in [0.25, 0.3) is 0 Å². The van der Waals surface area contributed by atoms with Crippen LogP contribution in [0.4, 0.5) is 5.69 Å². The summed E-state index contributed by atoms with van der Waals surface area (Å²) in [4.78, 5) is 30.2. The molecule has 1 aromatic heterocycles. The Labute approximate surface area is 114 Å². The number of hydrogen-bond donors (Lipinski definition) is 2. The first-order valence-electron chi connectivity index (χ1n) is 5.23. The largest absolute Gasteiger partial charge is 0.524 e. The summed E-state index contributed by atoms with van der Waals surface area (Å²) in [6, 6.07) is 10.1. The summed E-state index contributed by atoms with van der Waals surface area (Å²) in [7, 11) is -4.60. The standard InChI is InChI=1S/C6H6NO6P.C5H5N/c8-7(9)5-1-3-6(4-2-5)13-14(10,11)12;1-2-4-6-5-3-1/h1-4H,(H2,10,11,12);1-5H. The molecule has 0 radical (unpaired) electrons. The fourth-order valence-corrected chi connectivity index (χ4v) is 1.47. The molecule has 2 aromatic rings. The van der Waals surface area contributed by atoms with E-state index in [4.69, 9.17) is 9.79 Å². The average Bonchev–Trinajstić information content (AvgIpc) is 2.40. The van der Waals surface area contributed by atoms with E-state index in [0.717, 1.165) is 24.3 Å². The zero-order valence-corrected chi connectivity index (χ0v) is 11.0. The van der Waals surface area contributed by atoms with E-state index in [1.807, 2.05) is 18.2 Å². The zero-order chi connectivity index (χ0) is 15.0. The molecule has 1 aromatic carbocycles. The van der Waals surface area contributed by atoms with E-state index in [-0.39, 0.29) is 11.4 Å². The van der Waals surface area contributed by atoms with Gasteiger partial charge in [0.05, 0.1) is 4.92 Å². The summed E-state index contributed by atoms with van der Waals surface area (Å²) in [5, 5.41) is 10.2. The Balaban J connectivity index is 0.000000276. The van der Waals surface area contributed by atoms with Crippen molar-refractivity contribution in [1.29, 1.82) is 0 Å². The van der Waals surface area contributed by atoms with Crippen molar-refractivity contribution in [3.05, 3.63) is 65.0 Å². The van der Waals surface area contributed by atoms with E-state index in [9.17, 15) is 14.7 Å². The number of aromatic nitrogens is 1. The number of nitro groups is 1. The highest BCUT2D eigenvalue weighted by Gasteiger charge is 2.16. The number of phosphoric ester groups is 1. The molecule has 8 nitrogen and oxygen atoms in total. The predicted octanol–water partition coefficient (Wildman–Crippen LogP) is 2.15. The minimum absolute atomic E-state index is 0.121. The molecule has 0 amide bonds. The first-order chi connectivity index (χ1) is 9.38. The van der Waals surface area contributed by atoms with E-state index in [1.165, 1.54) is 0 Å². The molecular weight excluding hydrogens is 287 g/mol. The summed E-state index contributed by atoms with van der Waals surface area (Å²) < 4.78 is 14.5. The lowest BCUT2D eigenvalue weighted by atomic mass is 10.3. The van der Waals surface area contributed by atoms with E-state index in [1.54, 1.807) is 12.4 Å². The van der Waals surface area contributed by atoms with Gasteiger partial charge in [-0.05, 0) is 24.3 Å². The number of nitrogens with zero attached hydrogens (tertiary/aromatic N) is 2. The predicted molar refractivity (Wildman–Crippen MR) is 70.0 cm³/mol. The number of hydrogen-bond acceptors (Lipinski definition) is 5. The number of non-ortho nitro benzene ring substituents is 1. The Hall–Kier alpha value is -2.28. The van der Waals surface area contributed by atoms with E-state index < -0.39 is 12.7 Å². The molecule has 0 unspecified atom stereocenters. The lowest BCUT2D eigenvalue weighted by Gasteiger charge is -2.05. The molecule has 0 spiro atoms. The molecule has 0 bridgehead atoms. The van der Waals surface area contributed by atoms with Gasteiger partial charge in [-0.25, -0.2) is 4.57 Å². The van der Waals surface area contributed by atoms with Crippen molar-refractivity contribution in [1.82, 2.24) is 4.98 Å². The minimum atomic E-state index is -4.60. The van der Waals surface area contributed by atoms with Crippen LogP contribution in [0.3, 0.4) is 0 Å². The molecule has 0 saturated carbocycles. The quantitative estimate of drug-likeness (QED) is 0.505. The number of nitro benzene ring substituents is 1. The van der Waals surface area contributed by atoms with Crippen LogP contribution < -0.4 is 4.52 Å². The van der Waals surface area contributed by atoms with Gasteiger partial charge in [-0.3, -0.25) is 24.9 Å². The number of pyridine rings is 1. The second-order valence-electron chi connectivity index (χ2n) is 3.36. The smallest absolute Gasteiger partial charge is 0.404 e. The Kier molecular flexibility index (Phi) is 5.79. The van der Waals surface area contributed by atoms with Crippen LogP contribution in [0, 0.1) is 10.1 Å². The third-order valence-electron chi connectivity index (χ3n) is 1.84. The van der Waals surface area contributed by atoms with Gasteiger partial charge in [-0.15, -0.1) is 0 Å². The van der Waals surface area contributed by atoms with Gasteiger partial charge in [0.1, 0.15) is 5.75 Å². The summed E-state index contributed by atoms with van der Waals surface area (Å²) in [5.74, 6) is -0.121. The van der Waals surface area contributed by atoms with Gasteiger partial charge in [-0.2, -0.15) is 0 Å². The van der Waals surface area contributed by atoms with E-state index in [0.29, 0.717) is 0 Å². The van der Waals surface area contributed by atoms with Crippen LogP contribution in [0.1, 0.15) is 0 Å². The van der Waals surface area contributed by atoms with Crippen LogP contribution in [-0.2, 0) is 4.57 Å². The molecule has 0 atom stereocenters. The Morgan fingerprint density at radius 3 is 1.95 bits per heavy atom. The first kappa shape index (κ1) is 15.8. The first-order valence-corrected chi connectivity index (χ1v) is 6.76. The molecular formula is C11H11N2O6P. The van der Waals surface area contributed by atoms with E-state index in [2.05, 4.69) is 9.51 Å². The van der Waals surface area contributed by atoms with Crippen LogP contribution in [0.2, 0.25) is 0 Å². The summed E-state index contributed by atoms with van der Waals surface area (Å²) in [6.45, 7) is 0. The van der Waals surface area contributed by atoms with Crippen molar-refractivity contribution in [2.24, 2.45) is 0 Å². The van der Waals surface area contributed by atoms with Crippen LogP contribution >= 0.6 is 7.82 Å². The van der Waals surface area contributed by atoms with Crippen molar-refractivity contribution in [2.45, 2.75) is 0 Å². The molecule has 2 N–H and O–H groups in total. The van der Waals surface area contributed by atoms with Crippen LogP contribution in [0.15, 0.2) is 54.9 Å². The number of benzene rings is 1. The van der Waals surface area contributed by atoms with Crippen molar-refractivity contribution in [3.63, 3.8) is 0 Å². The van der Waals surface area contributed by atoms with Gasteiger partial charge >= 0.3 is 7.82 Å². The van der Waals surface area contributed by atoms with Gasteiger partial charge in [0.2, 0.25) is 0 Å². The summed E-state index contributed by atoms with van der Waals surface area (Å²) in [6.07, 6.45) is 3.50. The molecule has 106 valence electrons. The molecule has 0 aliphatic rings. The maximum atomic E-state index is 10.4. The molecule has 0 fully saturated rings. The summed E-state index contributed by atoms with van der Waals surface area (Å²) in [5.41, 5.74) is -0.178. The maximum Gasteiger partial charge on any atom is 0.524 e. The highest BCUT2D eigenvalue weighted by Crippen LogP contribution is 2.37. The Bertz CT molecular complexity index is 557. The SMILES string of the molecule is O=[N+]([O-])c1ccc(OP(=O)(O)O)cc1.c1ccncc1. The Morgan fingerprint density at radius 2 is 1.65 bits per heavy atom. The number of rotatable bonds is 3. The minimum Gasteiger partial charge on any atom is -0.404 e.